The number of aromatic amines is 1. The van der Waals surface area contributed by atoms with Gasteiger partial charge in [-0.15, -0.1) is 23.1 Å². The number of hydrogen-bond donors (Lipinski definition) is 4. The highest BCUT2D eigenvalue weighted by molar-refractivity contribution is 8.02. The second-order valence-corrected chi connectivity index (χ2v) is 7.96. The fraction of sp³-hybridized carbons (Fsp3) is 0.167. The standard InChI is InChI=1S/C18H17N3O4S2/c1-2-9-5-3-4-6-10(9)20-13(24)8-26-18-14(17(19)25)15-16(27-18)11(22)7-12(23)21-15/h3-7H,2,8H2,1H3,(H2,19,25)(H,20,24)(H2,21,22,23). The van der Waals surface area contributed by atoms with E-state index in [2.05, 4.69) is 10.3 Å². The summed E-state index contributed by atoms with van der Waals surface area (Å²) in [5.41, 5.74) is 6.98. The van der Waals surface area contributed by atoms with Crippen LogP contribution >= 0.6 is 23.1 Å². The molecule has 7 nitrogen and oxygen atoms in total. The minimum absolute atomic E-state index is 0.0517. The number of anilines is 1. The zero-order chi connectivity index (χ0) is 19.6. The van der Waals surface area contributed by atoms with E-state index in [0.717, 1.165) is 46.8 Å². The third-order valence-corrected chi connectivity index (χ3v) is 6.36. The van der Waals surface area contributed by atoms with Crippen LogP contribution in [0.2, 0.25) is 0 Å². The average Bonchev–Trinajstić information content (AvgIpc) is 2.99. The monoisotopic (exact) mass is 403 g/mol. The molecule has 0 unspecified atom stereocenters. The largest absolute Gasteiger partial charge is 0.506 e. The van der Waals surface area contributed by atoms with Gasteiger partial charge in [0.2, 0.25) is 5.91 Å². The summed E-state index contributed by atoms with van der Waals surface area (Å²) in [4.78, 5) is 38.3. The second kappa shape index (κ2) is 7.85. The van der Waals surface area contributed by atoms with Crippen molar-refractivity contribution < 1.29 is 14.7 Å². The van der Waals surface area contributed by atoms with Crippen molar-refractivity contribution in [1.82, 2.24) is 4.98 Å². The molecule has 0 aliphatic heterocycles. The van der Waals surface area contributed by atoms with Crippen LogP contribution in [0.25, 0.3) is 10.2 Å². The first-order valence-electron chi connectivity index (χ1n) is 8.09. The Balaban J connectivity index is 1.83. The molecule has 1 aromatic carbocycles. The van der Waals surface area contributed by atoms with Gasteiger partial charge in [-0.1, -0.05) is 25.1 Å². The Bertz CT molecular complexity index is 1090. The highest BCUT2D eigenvalue weighted by atomic mass is 32.2. The molecule has 140 valence electrons. The van der Waals surface area contributed by atoms with E-state index in [1.165, 1.54) is 0 Å². The fourth-order valence-electron chi connectivity index (χ4n) is 2.65. The normalized spacial score (nSPS) is 10.9. The number of pyridine rings is 1. The number of primary amides is 1. The Morgan fingerprint density at radius 1 is 1.33 bits per heavy atom. The zero-order valence-electron chi connectivity index (χ0n) is 14.4. The van der Waals surface area contributed by atoms with Crippen LogP contribution in [0, 0.1) is 0 Å². The summed E-state index contributed by atoms with van der Waals surface area (Å²) >= 11 is 2.23. The molecule has 0 saturated carbocycles. The number of carbonyl (C=O) groups excluding carboxylic acids is 2. The van der Waals surface area contributed by atoms with Crippen molar-refractivity contribution in [2.45, 2.75) is 17.6 Å². The Morgan fingerprint density at radius 2 is 2.07 bits per heavy atom. The van der Waals surface area contributed by atoms with Gasteiger partial charge in [-0.25, -0.2) is 0 Å². The molecule has 0 fully saturated rings. The van der Waals surface area contributed by atoms with Gasteiger partial charge < -0.3 is 21.1 Å². The van der Waals surface area contributed by atoms with Crippen LogP contribution in [-0.4, -0.2) is 27.7 Å². The highest BCUT2D eigenvalue weighted by Crippen LogP contribution is 2.40. The fourth-order valence-corrected chi connectivity index (χ4v) is 4.90. The minimum Gasteiger partial charge on any atom is -0.506 e. The Hall–Kier alpha value is -2.78. The lowest BCUT2D eigenvalue weighted by Gasteiger charge is -2.09. The van der Waals surface area contributed by atoms with Crippen molar-refractivity contribution in [1.29, 1.82) is 0 Å². The first kappa shape index (κ1) is 19.0. The maximum absolute atomic E-state index is 12.3. The molecular formula is C18H17N3O4S2. The lowest BCUT2D eigenvalue weighted by Crippen LogP contribution is -2.16. The van der Waals surface area contributed by atoms with E-state index in [1.54, 1.807) is 0 Å². The molecule has 2 heterocycles. The quantitative estimate of drug-likeness (QED) is 0.471. The number of benzene rings is 1. The van der Waals surface area contributed by atoms with Gasteiger partial charge in [0.25, 0.3) is 11.5 Å². The molecule has 0 radical (unpaired) electrons. The number of aromatic hydroxyl groups is 1. The van der Waals surface area contributed by atoms with E-state index in [0.29, 0.717) is 8.91 Å². The van der Waals surface area contributed by atoms with Crippen LogP contribution < -0.4 is 16.6 Å². The van der Waals surface area contributed by atoms with Crippen LogP contribution in [0.1, 0.15) is 22.8 Å². The number of rotatable bonds is 6. The Kier molecular flexibility index (Phi) is 5.52. The van der Waals surface area contributed by atoms with E-state index >= 15 is 0 Å². The van der Waals surface area contributed by atoms with Crippen molar-refractivity contribution in [3.8, 4) is 5.75 Å². The molecule has 5 N–H and O–H groups in total. The summed E-state index contributed by atoms with van der Waals surface area (Å²) in [6.07, 6.45) is 0.790. The molecule has 0 aliphatic carbocycles. The van der Waals surface area contributed by atoms with Crippen LogP contribution in [0.5, 0.6) is 5.75 Å². The molecule has 3 aromatic rings. The van der Waals surface area contributed by atoms with Crippen molar-refractivity contribution in [3.63, 3.8) is 0 Å². The van der Waals surface area contributed by atoms with Crippen molar-refractivity contribution >= 4 is 50.8 Å². The molecule has 2 amide bonds. The summed E-state index contributed by atoms with van der Waals surface area (Å²) in [6.45, 7) is 2.00. The summed E-state index contributed by atoms with van der Waals surface area (Å²) in [5.74, 6) is -1.14. The predicted molar refractivity (Wildman–Crippen MR) is 108 cm³/mol. The van der Waals surface area contributed by atoms with Gasteiger partial charge >= 0.3 is 0 Å². The maximum atomic E-state index is 12.3. The number of para-hydroxylation sites is 1. The van der Waals surface area contributed by atoms with Crippen LogP contribution in [0.3, 0.4) is 0 Å². The van der Waals surface area contributed by atoms with Gasteiger partial charge in [-0.2, -0.15) is 0 Å². The number of fused-ring (bicyclic) bond motifs is 1. The molecule has 3 rings (SSSR count). The van der Waals surface area contributed by atoms with E-state index in [9.17, 15) is 19.5 Å². The molecule has 2 aromatic heterocycles. The minimum atomic E-state index is -0.735. The lowest BCUT2D eigenvalue weighted by molar-refractivity contribution is -0.113. The molecule has 0 atom stereocenters. The van der Waals surface area contributed by atoms with E-state index in [1.807, 2.05) is 31.2 Å². The Labute approximate surface area is 162 Å². The molecular weight excluding hydrogens is 386 g/mol. The number of aryl methyl sites for hydroxylation is 1. The highest BCUT2D eigenvalue weighted by Gasteiger charge is 2.21. The summed E-state index contributed by atoms with van der Waals surface area (Å²) in [6, 6.07) is 8.56. The smallest absolute Gasteiger partial charge is 0.252 e. The van der Waals surface area contributed by atoms with Gasteiger partial charge in [0.1, 0.15) is 5.75 Å². The van der Waals surface area contributed by atoms with E-state index in [4.69, 9.17) is 5.73 Å². The maximum Gasteiger partial charge on any atom is 0.252 e. The lowest BCUT2D eigenvalue weighted by atomic mass is 10.1. The molecule has 0 aliphatic rings. The number of nitrogens with two attached hydrogens (primary N) is 1. The first-order valence-corrected chi connectivity index (χ1v) is 9.90. The van der Waals surface area contributed by atoms with Gasteiger partial charge in [0.05, 0.1) is 25.7 Å². The second-order valence-electron chi connectivity index (χ2n) is 5.70. The number of thioether (sulfide) groups is 1. The topological polar surface area (TPSA) is 125 Å². The van der Waals surface area contributed by atoms with Crippen LogP contribution in [0.15, 0.2) is 39.3 Å². The average molecular weight is 403 g/mol. The number of thiophene rings is 1. The number of hydrogen-bond acceptors (Lipinski definition) is 6. The third kappa shape index (κ3) is 3.99. The molecule has 9 heteroatoms. The molecule has 27 heavy (non-hydrogen) atoms. The predicted octanol–water partition coefficient (Wildman–Crippen LogP) is 2.69. The van der Waals surface area contributed by atoms with Crippen molar-refractivity contribution in [2.75, 3.05) is 11.1 Å². The SMILES string of the molecule is CCc1ccccc1NC(=O)CSc1sc2c(O)cc(=O)[nH]c2c1C(N)=O. The van der Waals surface area contributed by atoms with Crippen molar-refractivity contribution in [3.05, 3.63) is 51.8 Å². The van der Waals surface area contributed by atoms with Crippen LogP contribution in [0.4, 0.5) is 5.69 Å². The number of aromatic nitrogens is 1. The van der Waals surface area contributed by atoms with E-state index in [-0.39, 0.29) is 28.5 Å². The third-order valence-electron chi connectivity index (χ3n) is 3.88. The summed E-state index contributed by atoms with van der Waals surface area (Å²) in [5, 5.41) is 12.8. The number of H-pyrrole nitrogens is 1. The summed E-state index contributed by atoms with van der Waals surface area (Å²) in [7, 11) is 0. The number of carbonyl (C=O) groups is 2. The molecule has 0 bridgehead atoms. The summed E-state index contributed by atoms with van der Waals surface area (Å²) < 4.78 is 0.816. The van der Waals surface area contributed by atoms with Crippen LogP contribution in [-0.2, 0) is 11.2 Å². The number of amides is 2. The zero-order valence-corrected chi connectivity index (χ0v) is 16.0. The van der Waals surface area contributed by atoms with Gasteiger partial charge in [0, 0.05) is 11.8 Å². The molecule has 0 spiro atoms. The Morgan fingerprint density at radius 3 is 2.78 bits per heavy atom. The van der Waals surface area contributed by atoms with Gasteiger partial charge in [-0.05, 0) is 18.1 Å². The van der Waals surface area contributed by atoms with Gasteiger partial charge in [-0.3, -0.25) is 14.4 Å². The number of nitrogens with one attached hydrogen (secondary N) is 2. The van der Waals surface area contributed by atoms with Crippen molar-refractivity contribution in [2.24, 2.45) is 5.73 Å². The van der Waals surface area contributed by atoms with E-state index < -0.39 is 11.5 Å². The molecule has 0 saturated heterocycles. The first-order chi connectivity index (χ1) is 12.9. The van der Waals surface area contributed by atoms with Gasteiger partial charge in [0.15, 0.2) is 0 Å².